The molecule has 4 atom stereocenters. The van der Waals surface area contributed by atoms with E-state index in [0.29, 0.717) is 18.7 Å². The fourth-order valence-electron chi connectivity index (χ4n) is 5.79. The van der Waals surface area contributed by atoms with Crippen molar-refractivity contribution >= 4 is 23.6 Å². The lowest BCUT2D eigenvalue weighted by Crippen LogP contribution is -2.57. The molecule has 5 rings (SSSR count). The minimum atomic E-state index is -1.25. The Labute approximate surface area is 257 Å². The van der Waals surface area contributed by atoms with Crippen molar-refractivity contribution in [3.05, 3.63) is 65.2 Å². The zero-order valence-electron chi connectivity index (χ0n) is 25.0. The van der Waals surface area contributed by atoms with Crippen molar-refractivity contribution in [2.75, 3.05) is 39.5 Å². The molecule has 44 heavy (non-hydrogen) atoms. The van der Waals surface area contributed by atoms with Gasteiger partial charge in [-0.25, -0.2) is 0 Å². The Morgan fingerprint density at radius 3 is 2.50 bits per heavy atom. The van der Waals surface area contributed by atoms with Gasteiger partial charge in [0.05, 0.1) is 37.3 Å². The van der Waals surface area contributed by atoms with E-state index in [-0.39, 0.29) is 24.8 Å². The summed E-state index contributed by atoms with van der Waals surface area (Å²) in [5.41, 5.74) is 2.23. The normalized spacial score (nSPS) is 24.2. The lowest BCUT2D eigenvalue weighted by molar-refractivity contribution is -0.140. The molecule has 2 saturated heterocycles. The first-order chi connectivity index (χ1) is 21.3. The van der Waals surface area contributed by atoms with Gasteiger partial charge in [0.1, 0.15) is 24.4 Å². The van der Waals surface area contributed by atoms with E-state index in [1.54, 1.807) is 29.2 Å². The molecule has 0 aliphatic carbocycles. The average molecular weight is 608 g/mol. The summed E-state index contributed by atoms with van der Waals surface area (Å²) >= 11 is 0. The van der Waals surface area contributed by atoms with Crippen LogP contribution in [0.3, 0.4) is 0 Å². The molecule has 0 spiro atoms. The van der Waals surface area contributed by atoms with Gasteiger partial charge in [0, 0.05) is 32.7 Å². The number of carbonyl (C=O) groups is 4. The predicted octanol–water partition coefficient (Wildman–Crippen LogP) is 0.573. The number of nitrogens with one attached hydrogen (secondary N) is 3. The summed E-state index contributed by atoms with van der Waals surface area (Å²) in [5, 5.41) is 18.5. The molecule has 0 radical (unpaired) electrons. The number of ether oxygens (including phenoxy) is 2. The molecule has 12 nitrogen and oxygen atoms in total. The number of fused-ring (bicyclic) bond motifs is 2. The van der Waals surface area contributed by atoms with Crippen LogP contribution in [0, 0.1) is 0 Å². The van der Waals surface area contributed by atoms with Crippen molar-refractivity contribution in [3.63, 3.8) is 0 Å². The monoisotopic (exact) mass is 607 g/mol. The summed E-state index contributed by atoms with van der Waals surface area (Å²) in [6, 6.07) is 11.9. The van der Waals surface area contributed by atoms with E-state index in [0.717, 1.165) is 50.4 Å². The first-order valence-corrected chi connectivity index (χ1v) is 15.2. The summed E-state index contributed by atoms with van der Waals surface area (Å²) in [6.45, 7) is 6.29. The van der Waals surface area contributed by atoms with Crippen LogP contribution < -0.4 is 20.7 Å². The van der Waals surface area contributed by atoms with E-state index in [1.165, 1.54) is 6.92 Å². The summed E-state index contributed by atoms with van der Waals surface area (Å²) in [4.78, 5) is 57.4. The Morgan fingerprint density at radius 2 is 1.75 bits per heavy atom. The minimum Gasteiger partial charge on any atom is -0.491 e. The van der Waals surface area contributed by atoms with Crippen molar-refractivity contribution in [1.29, 1.82) is 0 Å². The van der Waals surface area contributed by atoms with Gasteiger partial charge in [-0.1, -0.05) is 36.4 Å². The van der Waals surface area contributed by atoms with Crippen LogP contribution >= 0.6 is 0 Å². The maximum Gasteiger partial charge on any atom is 0.255 e. The molecule has 3 aliphatic heterocycles. The number of hydrogen-bond donors (Lipinski definition) is 4. The molecule has 3 heterocycles. The number of morpholine rings is 1. The van der Waals surface area contributed by atoms with E-state index in [9.17, 15) is 24.3 Å². The quantitative estimate of drug-likeness (QED) is 0.373. The van der Waals surface area contributed by atoms with Crippen LogP contribution in [0.4, 0.5) is 0 Å². The predicted molar refractivity (Wildman–Crippen MR) is 161 cm³/mol. The fourth-order valence-corrected chi connectivity index (χ4v) is 5.79. The van der Waals surface area contributed by atoms with Gasteiger partial charge in [-0.05, 0) is 43.0 Å². The van der Waals surface area contributed by atoms with Crippen LogP contribution in [0.5, 0.6) is 5.75 Å². The standard InChI is InChI=1S/C32H41N5O7/c1-21(38)29-32(42)37-12-4-5-24(37)20-44-27-7-3-2-6-25(27)30(40)34-26(17-28(39)35-29)31(41)33-18-22-8-10-23(11-9-22)19-36-13-15-43-16-14-36/h2-3,6-11,21,24,26,29,38H,4-5,12-20H2,1H3,(H,33,41)(H,34,40)(H,35,39)/t21-,24-,26+,29+/m1/s1. The molecule has 236 valence electrons. The van der Waals surface area contributed by atoms with Gasteiger partial charge in [0.25, 0.3) is 5.91 Å². The number of aliphatic hydroxyl groups is 1. The molecule has 4 N–H and O–H groups in total. The Kier molecular flexibility index (Phi) is 10.5. The number of hydrogen-bond acceptors (Lipinski definition) is 8. The van der Waals surface area contributed by atoms with Gasteiger partial charge in [-0.2, -0.15) is 0 Å². The van der Waals surface area contributed by atoms with E-state index < -0.39 is 48.2 Å². The molecule has 0 bridgehead atoms. The lowest BCUT2D eigenvalue weighted by atomic mass is 10.1. The highest BCUT2D eigenvalue weighted by Gasteiger charge is 2.37. The highest BCUT2D eigenvalue weighted by molar-refractivity contribution is 6.01. The number of aliphatic hydroxyl groups excluding tert-OH is 1. The number of nitrogens with zero attached hydrogens (tertiary/aromatic N) is 2. The average Bonchev–Trinajstić information content (AvgIpc) is 3.50. The van der Waals surface area contributed by atoms with Gasteiger partial charge in [-0.3, -0.25) is 24.1 Å². The van der Waals surface area contributed by atoms with Gasteiger partial charge < -0.3 is 35.4 Å². The van der Waals surface area contributed by atoms with Gasteiger partial charge in [0.15, 0.2) is 0 Å². The maximum absolute atomic E-state index is 13.4. The van der Waals surface area contributed by atoms with Gasteiger partial charge >= 0.3 is 0 Å². The van der Waals surface area contributed by atoms with Crippen molar-refractivity contribution in [3.8, 4) is 5.75 Å². The van der Waals surface area contributed by atoms with Crippen LogP contribution in [-0.2, 0) is 32.2 Å². The zero-order valence-corrected chi connectivity index (χ0v) is 25.0. The third-order valence-corrected chi connectivity index (χ3v) is 8.30. The summed E-state index contributed by atoms with van der Waals surface area (Å²) in [7, 11) is 0. The molecular weight excluding hydrogens is 566 g/mol. The molecule has 2 fully saturated rings. The zero-order chi connectivity index (χ0) is 31.1. The summed E-state index contributed by atoms with van der Waals surface area (Å²) in [6.07, 6.45) is -0.157. The lowest BCUT2D eigenvalue weighted by Gasteiger charge is -2.31. The van der Waals surface area contributed by atoms with E-state index in [2.05, 4.69) is 20.9 Å². The topological polar surface area (TPSA) is 150 Å². The molecule has 0 saturated carbocycles. The van der Waals surface area contributed by atoms with Crippen molar-refractivity contribution in [1.82, 2.24) is 25.8 Å². The first kappa shape index (κ1) is 31.4. The van der Waals surface area contributed by atoms with Crippen LogP contribution in [0.15, 0.2) is 48.5 Å². The summed E-state index contributed by atoms with van der Waals surface area (Å²) < 4.78 is 11.4. The van der Waals surface area contributed by atoms with E-state index >= 15 is 0 Å². The Bertz CT molecular complexity index is 1330. The van der Waals surface area contributed by atoms with E-state index in [1.807, 2.05) is 24.3 Å². The van der Waals surface area contributed by atoms with Crippen molar-refractivity contribution < 1.29 is 33.8 Å². The molecular formula is C32H41N5O7. The Morgan fingerprint density at radius 1 is 1.02 bits per heavy atom. The van der Waals surface area contributed by atoms with Crippen LogP contribution in [0.2, 0.25) is 0 Å². The van der Waals surface area contributed by atoms with Crippen LogP contribution in [0.25, 0.3) is 0 Å². The number of para-hydroxylation sites is 1. The smallest absolute Gasteiger partial charge is 0.255 e. The molecule has 3 aliphatic rings. The van der Waals surface area contributed by atoms with Gasteiger partial charge in [-0.15, -0.1) is 0 Å². The SMILES string of the molecule is C[C@@H](O)[C@@H]1NC(=O)C[C@@H](C(=O)NCc2ccc(CN3CCOCC3)cc2)NC(=O)c2ccccc2OC[C@H]2CCCN2C1=O. The molecule has 12 heteroatoms. The number of benzene rings is 2. The Hall–Kier alpha value is -4.00. The third kappa shape index (κ3) is 7.93. The highest BCUT2D eigenvalue weighted by atomic mass is 16.5. The van der Waals surface area contributed by atoms with Crippen LogP contribution in [-0.4, -0.2) is 102 Å². The summed E-state index contributed by atoms with van der Waals surface area (Å²) in [5.74, 6) is -1.86. The Balaban J connectivity index is 1.30. The minimum absolute atomic E-state index is 0.145. The second kappa shape index (κ2) is 14.7. The molecule has 4 amide bonds. The first-order valence-electron chi connectivity index (χ1n) is 15.2. The van der Waals surface area contributed by atoms with Crippen LogP contribution in [0.1, 0.15) is 47.7 Å². The number of rotatable bonds is 6. The maximum atomic E-state index is 13.4. The largest absolute Gasteiger partial charge is 0.491 e. The highest BCUT2D eigenvalue weighted by Crippen LogP contribution is 2.24. The number of amides is 4. The molecule has 0 unspecified atom stereocenters. The molecule has 2 aromatic carbocycles. The second-order valence-corrected chi connectivity index (χ2v) is 11.6. The molecule has 2 aromatic rings. The second-order valence-electron chi connectivity index (χ2n) is 11.6. The third-order valence-electron chi connectivity index (χ3n) is 8.30. The van der Waals surface area contributed by atoms with E-state index in [4.69, 9.17) is 9.47 Å². The van der Waals surface area contributed by atoms with Gasteiger partial charge in [0.2, 0.25) is 17.7 Å². The van der Waals surface area contributed by atoms with Crippen molar-refractivity contribution in [2.24, 2.45) is 0 Å². The molecule has 0 aromatic heterocycles. The fraction of sp³-hybridized carbons (Fsp3) is 0.500. The van der Waals surface area contributed by atoms with Crippen molar-refractivity contribution in [2.45, 2.75) is 63.5 Å². The number of carbonyl (C=O) groups excluding carboxylic acids is 4.